The molecule has 0 saturated heterocycles. The zero-order valence-electron chi connectivity index (χ0n) is 59.4. The first-order valence-corrected chi connectivity index (χ1v) is 37.6. The molecule has 0 aliphatic carbocycles. The predicted molar refractivity (Wildman–Crippen MR) is 365 cm³/mol. The molecular formula is C75H144O10P-. The minimum atomic E-state index is -4.63. The fourth-order valence-electron chi connectivity index (χ4n) is 14.0. The summed E-state index contributed by atoms with van der Waals surface area (Å²) in [7, 11) is -4.63. The zero-order valence-corrected chi connectivity index (χ0v) is 60.3. The molecule has 0 aliphatic heterocycles. The van der Waals surface area contributed by atoms with Crippen molar-refractivity contribution in [1.82, 2.24) is 0 Å². The van der Waals surface area contributed by atoms with E-state index in [1.165, 1.54) is 147 Å². The molecule has 0 N–H and O–H groups in total. The number of hydrogen-bond acceptors (Lipinski definition) is 10. The molecule has 0 heterocycles. The lowest BCUT2D eigenvalue weighted by Crippen LogP contribution is -2.30. The molecule has 0 aromatic carbocycles. The Kier molecular flexibility index (Phi) is 57.0. The molecule has 86 heavy (non-hydrogen) atoms. The number of unbranched alkanes of at least 4 members (excludes halogenated alkanes) is 21. The monoisotopic (exact) mass is 1240 g/mol. The van der Waals surface area contributed by atoms with Gasteiger partial charge in [0.2, 0.25) is 0 Å². The van der Waals surface area contributed by atoms with Crippen LogP contribution in [0, 0.1) is 71.0 Å². The zero-order chi connectivity index (χ0) is 65.0. The molecule has 0 bridgehead atoms. The van der Waals surface area contributed by atoms with Gasteiger partial charge in [0.05, 0.1) is 19.8 Å². The summed E-state index contributed by atoms with van der Waals surface area (Å²) >= 11 is 0. The van der Waals surface area contributed by atoms with Gasteiger partial charge < -0.3 is 28.2 Å². The summed E-state index contributed by atoms with van der Waals surface area (Å²) in [6, 6.07) is 0. The van der Waals surface area contributed by atoms with Crippen LogP contribution in [0.15, 0.2) is 25.3 Å². The number of carbonyl (C=O) groups excluding carboxylic acids is 3. The van der Waals surface area contributed by atoms with E-state index in [1.54, 1.807) is 0 Å². The van der Waals surface area contributed by atoms with Gasteiger partial charge in [-0.3, -0.25) is 14.2 Å². The quantitative estimate of drug-likeness (QED) is 0.0144. The highest BCUT2D eigenvalue weighted by Crippen LogP contribution is 2.38. The van der Waals surface area contributed by atoms with E-state index in [-0.39, 0.29) is 32.0 Å². The van der Waals surface area contributed by atoms with E-state index < -0.39 is 32.5 Å². The molecule has 0 rings (SSSR count). The van der Waals surface area contributed by atoms with E-state index in [4.69, 9.17) is 18.7 Å². The van der Waals surface area contributed by atoms with Gasteiger partial charge in [0.25, 0.3) is 7.82 Å². The SMILES string of the molecule is C=CCOP(=O)([O-])OCC(COC(=O)CCCCCCCCCCCCCCC)OC(=O)CCCCCCCCCCCCOC(=O)C=C.CC(C)CC(C)CC(C)CC(C)CC(C)CC(C)CC(C)CC(C)CC(C)CC(C)CC(C)CC(C)C. The number of esters is 3. The topological polar surface area (TPSA) is 137 Å². The molecule has 0 aromatic rings. The largest absolute Gasteiger partial charge is 0.756 e. The summed E-state index contributed by atoms with van der Waals surface area (Å²) < 4.78 is 37.2. The molecule has 0 saturated carbocycles. The minimum absolute atomic E-state index is 0.182. The Bertz CT molecular complexity index is 1600. The predicted octanol–water partition coefficient (Wildman–Crippen LogP) is 22.6. The van der Waals surface area contributed by atoms with E-state index in [9.17, 15) is 23.8 Å². The molecule has 12 unspecified atom stereocenters. The fourth-order valence-corrected chi connectivity index (χ4v) is 14.7. The molecule has 0 aromatic heterocycles. The van der Waals surface area contributed by atoms with E-state index in [1.807, 2.05) is 0 Å². The van der Waals surface area contributed by atoms with Crippen LogP contribution < -0.4 is 4.89 Å². The van der Waals surface area contributed by atoms with Gasteiger partial charge in [-0.1, -0.05) is 245 Å². The second kappa shape index (κ2) is 56.9. The highest BCUT2D eigenvalue weighted by atomic mass is 31.2. The maximum atomic E-state index is 12.5. The number of phosphoric ester groups is 1. The summed E-state index contributed by atoms with van der Waals surface area (Å²) in [6.45, 7) is 43.0. The van der Waals surface area contributed by atoms with Gasteiger partial charge in [-0.15, -0.1) is 6.58 Å². The van der Waals surface area contributed by atoms with Crippen LogP contribution in [-0.4, -0.2) is 50.4 Å². The number of phosphoric acid groups is 1. The maximum absolute atomic E-state index is 12.5. The van der Waals surface area contributed by atoms with Gasteiger partial charge in [0.15, 0.2) is 6.10 Å². The Labute approximate surface area is 534 Å². The van der Waals surface area contributed by atoms with Crippen molar-refractivity contribution in [2.45, 2.75) is 341 Å². The maximum Gasteiger partial charge on any atom is 0.330 e. The van der Waals surface area contributed by atoms with E-state index >= 15 is 0 Å². The lowest BCUT2D eigenvalue weighted by atomic mass is 9.79. The third kappa shape index (κ3) is 59.6. The van der Waals surface area contributed by atoms with Crippen LogP contribution in [0.1, 0.15) is 335 Å². The highest BCUT2D eigenvalue weighted by Gasteiger charge is 2.23. The van der Waals surface area contributed by atoms with E-state index in [0.717, 1.165) is 148 Å². The summed E-state index contributed by atoms with van der Waals surface area (Å²) in [6.07, 6.45) is 43.2. The summed E-state index contributed by atoms with van der Waals surface area (Å²) in [5.74, 6) is 9.15. The van der Waals surface area contributed by atoms with Gasteiger partial charge in [-0.2, -0.15) is 0 Å². The summed E-state index contributed by atoms with van der Waals surface area (Å²) in [5.41, 5.74) is 0. The number of hydrogen-bond donors (Lipinski definition) is 0. The molecular weight excluding hydrogens is 1090 g/mol. The molecule has 11 heteroatoms. The van der Waals surface area contributed by atoms with Crippen molar-refractivity contribution in [2.24, 2.45) is 71.0 Å². The van der Waals surface area contributed by atoms with Crippen LogP contribution in [0.3, 0.4) is 0 Å². The average molecular weight is 1240 g/mol. The molecule has 0 aliphatic rings. The van der Waals surface area contributed by atoms with Crippen molar-refractivity contribution in [3.8, 4) is 0 Å². The Morgan fingerprint density at radius 2 is 0.698 bits per heavy atom. The van der Waals surface area contributed by atoms with Crippen LogP contribution in [0.2, 0.25) is 0 Å². The normalized spacial score (nSPS) is 16.3. The van der Waals surface area contributed by atoms with Gasteiger partial charge in [-0.25, -0.2) is 4.79 Å². The van der Waals surface area contributed by atoms with Crippen LogP contribution in [0.25, 0.3) is 0 Å². The second-order valence-electron chi connectivity index (χ2n) is 29.2. The van der Waals surface area contributed by atoms with Crippen molar-refractivity contribution < 1.29 is 47.1 Å². The first-order chi connectivity index (χ1) is 40.8. The van der Waals surface area contributed by atoms with Crippen LogP contribution in [0.4, 0.5) is 0 Å². The average Bonchev–Trinajstić information content (AvgIpc) is 3.55. The minimum Gasteiger partial charge on any atom is -0.756 e. The van der Waals surface area contributed by atoms with E-state index in [2.05, 4.69) is 122 Å². The summed E-state index contributed by atoms with van der Waals surface area (Å²) in [5, 5.41) is 0. The van der Waals surface area contributed by atoms with Crippen molar-refractivity contribution in [3.63, 3.8) is 0 Å². The Morgan fingerprint density at radius 1 is 0.395 bits per heavy atom. The first kappa shape index (κ1) is 86.1. The van der Waals surface area contributed by atoms with Crippen molar-refractivity contribution in [3.05, 3.63) is 25.3 Å². The van der Waals surface area contributed by atoms with E-state index in [0.29, 0.717) is 13.0 Å². The molecule has 0 amide bonds. The third-order valence-corrected chi connectivity index (χ3v) is 18.1. The number of carbonyl (C=O) groups is 3. The molecule has 0 fully saturated rings. The fraction of sp³-hybridized carbons (Fsp3) is 0.907. The molecule has 10 nitrogen and oxygen atoms in total. The van der Waals surface area contributed by atoms with Gasteiger partial charge in [0.1, 0.15) is 6.61 Å². The van der Waals surface area contributed by atoms with Crippen molar-refractivity contribution >= 4 is 25.7 Å². The third-order valence-electron chi connectivity index (χ3n) is 17.2. The standard InChI is InChI=1S/C38H69O10P.C37H76/c1-4-7-8-9-10-11-12-13-14-17-20-23-26-29-37(40)45-33-35(34-47-49(42,43)46-31-5-2)48-38(41)30-27-24-21-18-15-16-19-22-25-28-32-44-36(39)6-3;1-26(2)15-28(5)17-30(7)19-32(9)21-34(11)23-36(13)25-37(14)24-35(12)22-33(10)20-31(8)18-29(6)16-27(3)4/h5-6,35H,2-4,7-34H2,1H3,(H,42,43);26-37H,15-25H2,1-14H3/p-1. The van der Waals surface area contributed by atoms with Gasteiger partial charge >= 0.3 is 17.9 Å². The van der Waals surface area contributed by atoms with Crippen LogP contribution in [0.5, 0.6) is 0 Å². The number of rotatable bonds is 59. The highest BCUT2D eigenvalue weighted by molar-refractivity contribution is 7.45. The Hall–Kier alpha value is -2.00. The van der Waals surface area contributed by atoms with Crippen molar-refractivity contribution in [2.75, 3.05) is 26.4 Å². The second-order valence-corrected chi connectivity index (χ2v) is 30.6. The molecule has 12 atom stereocenters. The van der Waals surface area contributed by atoms with Gasteiger partial charge in [-0.05, 0) is 161 Å². The lowest BCUT2D eigenvalue weighted by molar-refractivity contribution is -0.227. The molecule has 510 valence electrons. The Morgan fingerprint density at radius 3 is 1.01 bits per heavy atom. The van der Waals surface area contributed by atoms with Crippen LogP contribution in [-0.2, 0) is 42.2 Å². The van der Waals surface area contributed by atoms with Crippen LogP contribution >= 0.6 is 7.82 Å². The smallest absolute Gasteiger partial charge is 0.330 e. The molecule has 0 spiro atoms. The lowest BCUT2D eigenvalue weighted by Gasteiger charge is -2.27. The molecule has 0 radical (unpaired) electrons. The van der Waals surface area contributed by atoms with Crippen molar-refractivity contribution in [1.29, 1.82) is 0 Å². The number of ether oxygens (including phenoxy) is 3. The Balaban J connectivity index is 0. The first-order valence-electron chi connectivity index (χ1n) is 36.2. The summed E-state index contributed by atoms with van der Waals surface area (Å²) in [4.78, 5) is 47.8. The van der Waals surface area contributed by atoms with Gasteiger partial charge in [0, 0.05) is 18.9 Å².